The summed E-state index contributed by atoms with van der Waals surface area (Å²) in [5.41, 5.74) is 2.85. The summed E-state index contributed by atoms with van der Waals surface area (Å²) in [7, 11) is 0. The van der Waals surface area contributed by atoms with Gasteiger partial charge in [0.25, 0.3) is 0 Å². The van der Waals surface area contributed by atoms with Gasteiger partial charge >= 0.3 is 0 Å². The van der Waals surface area contributed by atoms with E-state index in [1.807, 2.05) is 0 Å². The van der Waals surface area contributed by atoms with Crippen molar-refractivity contribution in [3.8, 4) is 0 Å². The van der Waals surface area contributed by atoms with E-state index in [2.05, 4.69) is 28.1 Å². The second kappa shape index (κ2) is 4.21. The summed E-state index contributed by atoms with van der Waals surface area (Å²) >= 11 is 0. The second-order valence-electron chi connectivity index (χ2n) is 5.28. The molecule has 0 radical (unpaired) electrons. The Morgan fingerprint density at radius 1 is 1.44 bits per heavy atom. The van der Waals surface area contributed by atoms with E-state index in [1.54, 1.807) is 0 Å². The zero-order valence-corrected chi connectivity index (χ0v) is 10.1. The molecule has 3 heteroatoms. The molecule has 0 aliphatic heterocycles. The van der Waals surface area contributed by atoms with Crippen molar-refractivity contribution in [2.24, 2.45) is 0 Å². The maximum Gasteiger partial charge on any atom is 0.0954 e. The van der Waals surface area contributed by atoms with Crippen molar-refractivity contribution in [1.82, 2.24) is 14.9 Å². The maximum absolute atomic E-state index is 4.56. The minimum atomic E-state index is 0.551. The lowest BCUT2D eigenvalue weighted by atomic mass is 10.0. The molecule has 1 aromatic heterocycles. The maximum atomic E-state index is 4.56. The minimum absolute atomic E-state index is 0.551. The Hall–Kier alpha value is -0.830. The van der Waals surface area contributed by atoms with E-state index in [9.17, 15) is 0 Å². The monoisotopic (exact) mass is 219 g/mol. The first-order valence-corrected chi connectivity index (χ1v) is 6.62. The van der Waals surface area contributed by atoms with E-state index < -0.39 is 0 Å². The molecule has 0 bridgehead atoms. The first-order chi connectivity index (χ1) is 7.84. The number of aryl methyl sites for hydroxylation is 1. The summed E-state index contributed by atoms with van der Waals surface area (Å²) in [6, 6.07) is 1.36. The molecule has 0 spiro atoms. The highest BCUT2D eigenvalue weighted by molar-refractivity contribution is 5.17. The lowest BCUT2D eigenvalue weighted by Crippen LogP contribution is -2.26. The van der Waals surface area contributed by atoms with E-state index in [4.69, 9.17) is 0 Å². The molecule has 3 nitrogen and oxygen atoms in total. The van der Waals surface area contributed by atoms with Gasteiger partial charge in [0.15, 0.2) is 0 Å². The number of fused-ring (bicyclic) bond motifs is 1. The van der Waals surface area contributed by atoms with Gasteiger partial charge in [0, 0.05) is 24.3 Å². The zero-order chi connectivity index (χ0) is 11.0. The van der Waals surface area contributed by atoms with Crippen molar-refractivity contribution in [1.29, 1.82) is 0 Å². The Kier molecular flexibility index (Phi) is 2.72. The van der Waals surface area contributed by atoms with Gasteiger partial charge in [-0.1, -0.05) is 0 Å². The summed E-state index contributed by atoms with van der Waals surface area (Å²) in [5, 5.41) is 3.60. The predicted molar refractivity (Wildman–Crippen MR) is 64.6 cm³/mol. The average molecular weight is 219 g/mol. The van der Waals surface area contributed by atoms with E-state index in [1.165, 1.54) is 49.9 Å². The molecular weight excluding hydrogens is 198 g/mol. The molecule has 1 saturated carbocycles. The van der Waals surface area contributed by atoms with Crippen LogP contribution in [0.1, 0.15) is 50.0 Å². The number of imidazole rings is 1. The summed E-state index contributed by atoms with van der Waals surface area (Å²) in [6.45, 7) is 3.39. The molecule has 0 amide bonds. The molecule has 2 aliphatic carbocycles. The van der Waals surface area contributed by atoms with Crippen LogP contribution in [0.2, 0.25) is 0 Å². The van der Waals surface area contributed by atoms with Crippen LogP contribution in [-0.2, 0) is 12.8 Å². The van der Waals surface area contributed by atoms with Crippen molar-refractivity contribution >= 4 is 0 Å². The van der Waals surface area contributed by atoms with Crippen LogP contribution in [0, 0.1) is 0 Å². The molecule has 1 unspecified atom stereocenters. The van der Waals surface area contributed by atoms with Crippen LogP contribution in [0.3, 0.4) is 0 Å². The number of nitrogens with zero attached hydrogens (tertiary/aromatic N) is 2. The summed E-state index contributed by atoms with van der Waals surface area (Å²) < 4.78 is 2.39. The van der Waals surface area contributed by atoms with Crippen LogP contribution in [-0.4, -0.2) is 22.1 Å². The molecule has 1 fully saturated rings. The van der Waals surface area contributed by atoms with Gasteiger partial charge in [0.1, 0.15) is 0 Å². The fraction of sp³-hybridized carbons (Fsp3) is 0.769. The number of hydrogen-bond donors (Lipinski definition) is 1. The Labute approximate surface area is 97.3 Å². The van der Waals surface area contributed by atoms with E-state index in [-0.39, 0.29) is 0 Å². The fourth-order valence-electron chi connectivity index (χ4n) is 2.60. The first kappa shape index (κ1) is 10.3. The van der Waals surface area contributed by atoms with E-state index >= 15 is 0 Å². The highest BCUT2D eigenvalue weighted by atomic mass is 15.1. The first-order valence-electron chi connectivity index (χ1n) is 6.62. The number of aromatic nitrogens is 2. The van der Waals surface area contributed by atoms with E-state index in [0.29, 0.717) is 6.04 Å². The normalized spacial score (nSPS) is 21.8. The number of nitrogens with one attached hydrogen (secondary N) is 1. The van der Waals surface area contributed by atoms with Crippen LogP contribution < -0.4 is 5.32 Å². The molecule has 0 saturated heterocycles. The molecule has 88 valence electrons. The smallest absolute Gasteiger partial charge is 0.0954 e. The van der Waals surface area contributed by atoms with Crippen LogP contribution in [0.4, 0.5) is 0 Å². The molecular formula is C13H21N3. The van der Waals surface area contributed by atoms with Gasteiger partial charge in [-0.15, -0.1) is 0 Å². The molecule has 0 aromatic carbocycles. The molecule has 1 N–H and O–H groups in total. The van der Waals surface area contributed by atoms with Gasteiger partial charge in [-0.05, 0) is 45.4 Å². The highest BCUT2D eigenvalue weighted by Crippen LogP contribution is 2.24. The Morgan fingerprint density at radius 2 is 2.25 bits per heavy atom. The molecule has 1 heterocycles. The lowest BCUT2D eigenvalue weighted by Gasteiger charge is -2.19. The van der Waals surface area contributed by atoms with Gasteiger partial charge in [-0.25, -0.2) is 4.98 Å². The Balaban J connectivity index is 1.69. The van der Waals surface area contributed by atoms with Crippen LogP contribution in [0.5, 0.6) is 0 Å². The van der Waals surface area contributed by atoms with Crippen molar-refractivity contribution in [2.75, 3.05) is 6.54 Å². The zero-order valence-electron chi connectivity index (χ0n) is 10.1. The van der Waals surface area contributed by atoms with Crippen LogP contribution in [0.15, 0.2) is 6.33 Å². The molecule has 1 atom stereocenters. The molecule has 1 aromatic rings. The third-order valence-electron chi connectivity index (χ3n) is 3.81. The quantitative estimate of drug-likeness (QED) is 0.840. The van der Waals surface area contributed by atoms with Gasteiger partial charge in [0.05, 0.1) is 12.0 Å². The SMILES string of the molecule is CC(CNC1CC1)n1cnc2c1CCCC2. The topological polar surface area (TPSA) is 29.9 Å². The standard InChI is InChI=1S/C13H21N3/c1-10(8-14-11-6-7-11)16-9-15-12-4-2-3-5-13(12)16/h9-11,14H,2-8H2,1H3. The van der Waals surface area contributed by atoms with E-state index in [0.717, 1.165) is 12.6 Å². The van der Waals surface area contributed by atoms with Gasteiger partial charge in [-0.2, -0.15) is 0 Å². The van der Waals surface area contributed by atoms with Crippen LogP contribution >= 0.6 is 0 Å². The van der Waals surface area contributed by atoms with Crippen molar-refractivity contribution in [3.05, 3.63) is 17.7 Å². The van der Waals surface area contributed by atoms with Gasteiger partial charge in [-0.3, -0.25) is 0 Å². The molecule has 3 rings (SSSR count). The lowest BCUT2D eigenvalue weighted by molar-refractivity contribution is 0.471. The number of hydrogen-bond acceptors (Lipinski definition) is 2. The van der Waals surface area contributed by atoms with Crippen molar-refractivity contribution in [3.63, 3.8) is 0 Å². The largest absolute Gasteiger partial charge is 0.330 e. The van der Waals surface area contributed by atoms with Gasteiger partial charge < -0.3 is 9.88 Å². The third kappa shape index (κ3) is 2.01. The van der Waals surface area contributed by atoms with Crippen LogP contribution in [0.25, 0.3) is 0 Å². The summed E-state index contributed by atoms with van der Waals surface area (Å²) in [4.78, 5) is 4.56. The predicted octanol–water partition coefficient (Wildman–Crippen LogP) is 2.07. The van der Waals surface area contributed by atoms with Crippen molar-refractivity contribution < 1.29 is 0 Å². The fourth-order valence-corrected chi connectivity index (χ4v) is 2.60. The average Bonchev–Trinajstić information content (AvgIpc) is 3.04. The number of rotatable bonds is 4. The minimum Gasteiger partial charge on any atom is -0.330 e. The summed E-state index contributed by atoms with van der Waals surface area (Å²) in [5.74, 6) is 0. The summed E-state index contributed by atoms with van der Waals surface area (Å²) in [6.07, 6.45) is 9.85. The third-order valence-corrected chi connectivity index (χ3v) is 3.81. The van der Waals surface area contributed by atoms with Gasteiger partial charge in [0.2, 0.25) is 0 Å². The Bertz CT molecular complexity index is 365. The second-order valence-corrected chi connectivity index (χ2v) is 5.28. The Morgan fingerprint density at radius 3 is 3.06 bits per heavy atom. The molecule has 2 aliphatic rings. The highest BCUT2D eigenvalue weighted by Gasteiger charge is 2.22. The molecule has 16 heavy (non-hydrogen) atoms. The van der Waals surface area contributed by atoms with Crippen molar-refractivity contribution in [2.45, 2.75) is 57.5 Å².